The molecule has 2 aromatic carbocycles. The highest BCUT2D eigenvalue weighted by Crippen LogP contribution is 2.18. The van der Waals surface area contributed by atoms with E-state index in [-0.39, 0.29) is 5.69 Å². The molecular formula is C15H13N3O3. The third-order valence-electron chi connectivity index (χ3n) is 2.83. The molecule has 0 radical (unpaired) electrons. The van der Waals surface area contributed by atoms with Crippen LogP contribution in [0, 0.1) is 17.0 Å². The molecule has 2 rings (SSSR count). The van der Waals surface area contributed by atoms with Gasteiger partial charge in [-0.2, -0.15) is 5.10 Å². The number of nitrogens with zero attached hydrogens (tertiary/aromatic N) is 2. The average Bonchev–Trinajstić information content (AvgIpc) is 2.47. The van der Waals surface area contributed by atoms with E-state index in [1.54, 1.807) is 6.92 Å². The number of nitro groups is 1. The minimum Gasteiger partial charge on any atom is -0.267 e. The van der Waals surface area contributed by atoms with Crippen molar-refractivity contribution >= 4 is 17.8 Å². The maximum atomic E-state index is 11.9. The molecule has 6 heteroatoms. The Hall–Kier alpha value is -3.02. The molecule has 1 N–H and O–H groups in total. The van der Waals surface area contributed by atoms with Gasteiger partial charge < -0.3 is 0 Å². The summed E-state index contributed by atoms with van der Waals surface area (Å²) in [7, 11) is 0. The Balaban J connectivity index is 2.06. The van der Waals surface area contributed by atoms with Crippen molar-refractivity contribution in [3.05, 3.63) is 75.3 Å². The first-order valence-corrected chi connectivity index (χ1v) is 6.21. The summed E-state index contributed by atoms with van der Waals surface area (Å²) in [5.41, 5.74) is 3.98. The topological polar surface area (TPSA) is 84.6 Å². The van der Waals surface area contributed by atoms with Crippen molar-refractivity contribution in [3.8, 4) is 0 Å². The fraction of sp³-hybridized carbons (Fsp3) is 0.0667. The lowest BCUT2D eigenvalue weighted by Gasteiger charge is -2.02. The minimum absolute atomic E-state index is 0.0145. The van der Waals surface area contributed by atoms with Gasteiger partial charge in [0.05, 0.1) is 11.1 Å². The van der Waals surface area contributed by atoms with Gasteiger partial charge in [0.2, 0.25) is 0 Å². The van der Waals surface area contributed by atoms with Crippen molar-refractivity contribution in [1.29, 1.82) is 0 Å². The standard InChI is InChI=1S/C15H13N3O3/c1-11-9-13(7-8-14(11)18(20)21)15(19)17-16-10-12-5-3-2-4-6-12/h2-10H,1H3,(H,17,19)/b16-10+. The number of carbonyl (C=O) groups excluding carboxylic acids is 1. The Morgan fingerprint density at radius 1 is 1.24 bits per heavy atom. The van der Waals surface area contributed by atoms with Gasteiger partial charge in [0, 0.05) is 17.2 Å². The Morgan fingerprint density at radius 3 is 2.57 bits per heavy atom. The Morgan fingerprint density at radius 2 is 1.95 bits per heavy atom. The lowest BCUT2D eigenvalue weighted by molar-refractivity contribution is -0.385. The number of amides is 1. The number of carbonyl (C=O) groups is 1. The number of rotatable bonds is 4. The van der Waals surface area contributed by atoms with Gasteiger partial charge in [-0.05, 0) is 24.6 Å². The van der Waals surface area contributed by atoms with Crippen molar-refractivity contribution in [3.63, 3.8) is 0 Å². The Labute approximate surface area is 121 Å². The Bertz CT molecular complexity index is 697. The highest BCUT2D eigenvalue weighted by atomic mass is 16.6. The van der Waals surface area contributed by atoms with E-state index in [0.717, 1.165) is 5.56 Å². The van der Waals surface area contributed by atoms with Gasteiger partial charge in [0.25, 0.3) is 11.6 Å². The van der Waals surface area contributed by atoms with E-state index in [9.17, 15) is 14.9 Å². The molecule has 0 unspecified atom stereocenters. The quantitative estimate of drug-likeness (QED) is 0.532. The van der Waals surface area contributed by atoms with Crippen molar-refractivity contribution in [1.82, 2.24) is 5.43 Å². The number of nitrogens with one attached hydrogen (secondary N) is 1. The molecule has 0 heterocycles. The van der Waals surface area contributed by atoms with Crippen LogP contribution >= 0.6 is 0 Å². The number of hydrogen-bond acceptors (Lipinski definition) is 4. The van der Waals surface area contributed by atoms with E-state index in [2.05, 4.69) is 10.5 Å². The van der Waals surface area contributed by atoms with E-state index in [1.807, 2.05) is 30.3 Å². The lowest BCUT2D eigenvalue weighted by Crippen LogP contribution is -2.17. The SMILES string of the molecule is Cc1cc(C(=O)N/N=C/c2ccccc2)ccc1[N+](=O)[O-]. The molecule has 0 aromatic heterocycles. The zero-order chi connectivity index (χ0) is 15.2. The fourth-order valence-corrected chi connectivity index (χ4v) is 1.77. The maximum Gasteiger partial charge on any atom is 0.272 e. The second kappa shape index (κ2) is 6.42. The molecule has 21 heavy (non-hydrogen) atoms. The molecule has 2 aromatic rings. The third kappa shape index (κ3) is 3.73. The zero-order valence-electron chi connectivity index (χ0n) is 11.3. The molecular weight excluding hydrogens is 270 g/mol. The summed E-state index contributed by atoms with van der Waals surface area (Å²) >= 11 is 0. The summed E-state index contributed by atoms with van der Waals surface area (Å²) in [5.74, 6) is -0.417. The van der Waals surface area contributed by atoms with Crippen LogP contribution < -0.4 is 5.43 Å². The van der Waals surface area contributed by atoms with Crippen LogP contribution in [0.3, 0.4) is 0 Å². The Kier molecular flexibility index (Phi) is 4.40. The summed E-state index contributed by atoms with van der Waals surface area (Å²) in [5, 5.41) is 14.6. The second-order valence-corrected chi connectivity index (χ2v) is 4.37. The van der Waals surface area contributed by atoms with Gasteiger partial charge >= 0.3 is 0 Å². The summed E-state index contributed by atoms with van der Waals surface area (Å²) in [4.78, 5) is 22.1. The third-order valence-corrected chi connectivity index (χ3v) is 2.83. The molecule has 0 aliphatic rings. The molecule has 0 spiro atoms. The van der Waals surface area contributed by atoms with Gasteiger partial charge in [-0.15, -0.1) is 0 Å². The molecule has 0 bridgehead atoms. The van der Waals surface area contributed by atoms with Gasteiger partial charge in [-0.3, -0.25) is 14.9 Å². The summed E-state index contributed by atoms with van der Waals surface area (Å²) in [6.07, 6.45) is 1.52. The zero-order valence-corrected chi connectivity index (χ0v) is 11.3. The van der Waals surface area contributed by atoms with Crippen LogP contribution in [0.1, 0.15) is 21.5 Å². The summed E-state index contributed by atoms with van der Waals surface area (Å²) in [6.45, 7) is 1.59. The predicted octanol–water partition coefficient (Wildman–Crippen LogP) is 2.67. The van der Waals surface area contributed by atoms with E-state index < -0.39 is 10.8 Å². The smallest absolute Gasteiger partial charge is 0.267 e. The van der Waals surface area contributed by atoms with Gasteiger partial charge in [-0.1, -0.05) is 30.3 Å². The van der Waals surface area contributed by atoms with Crippen LogP contribution in [0.2, 0.25) is 0 Å². The van der Waals surface area contributed by atoms with Gasteiger partial charge in [0.15, 0.2) is 0 Å². The van der Waals surface area contributed by atoms with E-state index >= 15 is 0 Å². The molecule has 0 saturated heterocycles. The first kappa shape index (κ1) is 14.4. The van der Waals surface area contributed by atoms with E-state index in [1.165, 1.54) is 24.4 Å². The van der Waals surface area contributed by atoms with Crippen LogP contribution in [-0.2, 0) is 0 Å². The van der Waals surface area contributed by atoms with Gasteiger partial charge in [-0.25, -0.2) is 5.43 Å². The normalized spacial score (nSPS) is 10.5. The average molecular weight is 283 g/mol. The summed E-state index contributed by atoms with van der Waals surface area (Å²) < 4.78 is 0. The monoisotopic (exact) mass is 283 g/mol. The molecule has 0 aliphatic carbocycles. The highest BCUT2D eigenvalue weighted by Gasteiger charge is 2.13. The highest BCUT2D eigenvalue weighted by molar-refractivity contribution is 5.95. The fourth-order valence-electron chi connectivity index (χ4n) is 1.77. The first-order valence-electron chi connectivity index (χ1n) is 6.21. The van der Waals surface area contributed by atoms with Crippen molar-refractivity contribution in [2.24, 2.45) is 5.10 Å². The number of nitro benzene ring substituents is 1. The first-order chi connectivity index (χ1) is 10.1. The van der Waals surface area contributed by atoms with Crippen molar-refractivity contribution < 1.29 is 9.72 Å². The maximum absolute atomic E-state index is 11.9. The van der Waals surface area contributed by atoms with Crippen molar-refractivity contribution in [2.75, 3.05) is 0 Å². The van der Waals surface area contributed by atoms with Crippen LogP contribution in [-0.4, -0.2) is 17.0 Å². The van der Waals surface area contributed by atoms with E-state index in [4.69, 9.17) is 0 Å². The molecule has 0 fully saturated rings. The molecule has 0 aliphatic heterocycles. The molecule has 0 atom stereocenters. The van der Waals surface area contributed by atoms with Crippen LogP contribution in [0.25, 0.3) is 0 Å². The number of aryl methyl sites for hydroxylation is 1. The van der Waals surface area contributed by atoms with E-state index in [0.29, 0.717) is 11.1 Å². The van der Waals surface area contributed by atoms with Crippen LogP contribution in [0.4, 0.5) is 5.69 Å². The minimum atomic E-state index is -0.482. The largest absolute Gasteiger partial charge is 0.272 e. The number of hydrogen-bond donors (Lipinski definition) is 1. The molecule has 0 saturated carbocycles. The molecule has 106 valence electrons. The lowest BCUT2D eigenvalue weighted by atomic mass is 10.1. The molecule has 1 amide bonds. The van der Waals surface area contributed by atoms with Crippen LogP contribution in [0.5, 0.6) is 0 Å². The second-order valence-electron chi connectivity index (χ2n) is 4.37. The number of benzene rings is 2. The predicted molar refractivity (Wildman–Crippen MR) is 79.3 cm³/mol. The van der Waals surface area contributed by atoms with Crippen LogP contribution in [0.15, 0.2) is 53.6 Å². The van der Waals surface area contributed by atoms with Crippen molar-refractivity contribution in [2.45, 2.75) is 6.92 Å². The van der Waals surface area contributed by atoms with Gasteiger partial charge in [0.1, 0.15) is 0 Å². The molecule has 6 nitrogen and oxygen atoms in total. The number of hydrazone groups is 1. The summed E-state index contributed by atoms with van der Waals surface area (Å²) in [6, 6.07) is 13.5.